The van der Waals surface area contributed by atoms with Crippen molar-refractivity contribution in [1.82, 2.24) is 9.88 Å². The van der Waals surface area contributed by atoms with Crippen LogP contribution in [0.15, 0.2) is 54.6 Å². The molecule has 1 heterocycles. The molecule has 6 nitrogen and oxygen atoms in total. The van der Waals surface area contributed by atoms with Crippen LogP contribution < -0.4 is 5.73 Å². The monoisotopic (exact) mass is 433 g/mol. The summed E-state index contributed by atoms with van der Waals surface area (Å²) in [4.78, 5) is 29.7. The number of hydrogen-bond acceptors (Lipinski definition) is 5. The van der Waals surface area contributed by atoms with Crippen molar-refractivity contribution in [2.45, 2.75) is 31.8 Å². The zero-order valence-corrected chi connectivity index (χ0v) is 17.5. The zero-order valence-electron chi connectivity index (χ0n) is 15.9. The molecule has 0 aliphatic carbocycles. The summed E-state index contributed by atoms with van der Waals surface area (Å²) < 4.78 is 0.969. The van der Waals surface area contributed by atoms with E-state index in [1.807, 2.05) is 54.6 Å². The predicted octanol–water partition coefficient (Wildman–Crippen LogP) is 4.58. The fourth-order valence-electron chi connectivity index (χ4n) is 2.98. The maximum Gasteiger partial charge on any atom is 0.407 e. The van der Waals surface area contributed by atoms with Gasteiger partial charge < -0.3 is 15.7 Å². The van der Waals surface area contributed by atoms with Crippen LogP contribution in [0.25, 0.3) is 10.2 Å². The number of nitrogens with zero attached hydrogens (tertiary/aromatic N) is 2. The highest BCUT2D eigenvalue weighted by atomic mass is 35.5. The molecule has 0 spiro atoms. The normalized spacial score (nSPS) is 11.6. The minimum Gasteiger partial charge on any atom is -0.465 e. The van der Waals surface area contributed by atoms with Gasteiger partial charge in [-0.3, -0.25) is 4.79 Å². The van der Waals surface area contributed by atoms with Gasteiger partial charge in [0, 0.05) is 13.1 Å². The molecule has 0 bridgehead atoms. The van der Waals surface area contributed by atoms with Gasteiger partial charge in [0.05, 0.1) is 16.3 Å². The van der Waals surface area contributed by atoms with Gasteiger partial charge in [-0.1, -0.05) is 42.5 Å². The molecule has 0 aliphatic heterocycles. The van der Waals surface area contributed by atoms with E-state index in [4.69, 9.17) is 5.73 Å². The topological polar surface area (TPSA) is 96.5 Å². The molecule has 1 atom stereocenters. The molecule has 0 radical (unpaired) electrons. The van der Waals surface area contributed by atoms with Crippen LogP contribution in [0.5, 0.6) is 0 Å². The largest absolute Gasteiger partial charge is 0.465 e. The summed E-state index contributed by atoms with van der Waals surface area (Å²) >= 11 is 1.36. The highest BCUT2D eigenvalue weighted by Gasteiger charge is 2.20. The number of aromatic nitrogens is 1. The first kappa shape index (κ1) is 22.8. The first-order chi connectivity index (χ1) is 13.5. The number of halogens is 1. The molecule has 3 aromatic rings. The second-order valence-corrected chi connectivity index (χ2v) is 7.67. The van der Waals surface area contributed by atoms with Crippen molar-refractivity contribution < 1.29 is 14.7 Å². The lowest BCUT2D eigenvalue weighted by Crippen LogP contribution is -2.32. The summed E-state index contributed by atoms with van der Waals surface area (Å²) in [6.45, 7) is 0.763. The fourth-order valence-corrected chi connectivity index (χ4v) is 3.95. The molecular formula is C21H24ClN3O3S. The molecule has 1 aromatic heterocycles. The molecule has 29 heavy (non-hydrogen) atoms. The summed E-state index contributed by atoms with van der Waals surface area (Å²) in [6.07, 6.45) is 0.892. The number of carboxylic acid groups (broad SMARTS) is 1. The van der Waals surface area contributed by atoms with Gasteiger partial charge >= 0.3 is 6.09 Å². The zero-order chi connectivity index (χ0) is 19.9. The number of fused-ring (bicyclic) bond motifs is 1. The average Bonchev–Trinajstić information content (AvgIpc) is 3.14. The lowest BCUT2D eigenvalue weighted by molar-refractivity contribution is 0.0954. The van der Waals surface area contributed by atoms with Crippen molar-refractivity contribution in [3.05, 3.63) is 65.2 Å². The highest BCUT2D eigenvalue weighted by molar-refractivity contribution is 7.20. The minimum atomic E-state index is -0.946. The number of benzene rings is 2. The summed E-state index contributed by atoms with van der Waals surface area (Å²) in [7, 11) is 0. The Morgan fingerprint density at radius 1 is 1.07 bits per heavy atom. The Morgan fingerprint density at radius 2 is 1.76 bits per heavy atom. The number of ketones is 1. The molecule has 0 unspecified atom stereocenters. The maximum absolute atomic E-state index is 12.5. The molecule has 154 valence electrons. The van der Waals surface area contributed by atoms with Crippen LogP contribution >= 0.6 is 23.7 Å². The van der Waals surface area contributed by atoms with Gasteiger partial charge in [-0.05, 0) is 37.0 Å². The van der Waals surface area contributed by atoms with E-state index >= 15 is 0 Å². The molecule has 8 heteroatoms. The van der Waals surface area contributed by atoms with Crippen molar-refractivity contribution in [3.63, 3.8) is 0 Å². The highest BCUT2D eigenvalue weighted by Crippen LogP contribution is 2.23. The molecule has 0 fully saturated rings. The van der Waals surface area contributed by atoms with E-state index in [-0.39, 0.29) is 18.2 Å². The van der Waals surface area contributed by atoms with Crippen LogP contribution in [-0.4, -0.2) is 39.5 Å². The fraction of sp³-hybridized carbons (Fsp3) is 0.286. The van der Waals surface area contributed by atoms with E-state index in [1.54, 1.807) is 0 Å². The van der Waals surface area contributed by atoms with Crippen LogP contribution in [0.4, 0.5) is 4.79 Å². The Balaban J connectivity index is 0.00000300. The first-order valence-electron chi connectivity index (χ1n) is 9.22. The molecule has 2 aromatic carbocycles. The van der Waals surface area contributed by atoms with E-state index < -0.39 is 12.1 Å². The Bertz CT molecular complexity index is 916. The van der Waals surface area contributed by atoms with Crippen molar-refractivity contribution in [2.75, 3.05) is 6.54 Å². The summed E-state index contributed by atoms with van der Waals surface area (Å²) in [6, 6.07) is 16.5. The number of Topliss-reactive ketones (excluding diaryl/α,β-unsaturated/α-hetero) is 1. The standard InChI is InChI=1S/C21H23N3O3S.ClH/c22-16(19(25)20-23-17-11-4-5-12-18(17)28-20)10-6-7-13-24(21(26)27)14-15-8-2-1-3-9-15;/h1-5,8-9,11-12,16H,6-7,10,13-14,22H2,(H,26,27);1H/t16-;/m0./s1. The lowest BCUT2D eigenvalue weighted by Gasteiger charge is -2.19. The SMILES string of the molecule is Cl.N[C@@H](CCCCN(Cc1ccccc1)C(=O)O)C(=O)c1nc2ccccc2s1. The average molecular weight is 434 g/mol. The smallest absolute Gasteiger partial charge is 0.407 e. The van der Waals surface area contributed by atoms with Crippen LogP contribution in [0.1, 0.15) is 34.6 Å². The summed E-state index contributed by atoms with van der Waals surface area (Å²) in [5.41, 5.74) is 7.82. The van der Waals surface area contributed by atoms with Crippen molar-refractivity contribution in [2.24, 2.45) is 5.73 Å². The predicted molar refractivity (Wildman–Crippen MR) is 118 cm³/mol. The van der Waals surface area contributed by atoms with Gasteiger partial charge in [-0.15, -0.1) is 23.7 Å². The van der Waals surface area contributed by atoms with Crippen LogP contribution in [0.3, 0.4) is 0 Å². The van der Waals surface area contributed by atoms with Crippen molar-refractivity contribution in [1.29, 1.82) is 0 Å². The van der Waals surface area contributed by atoms with E-state index in [0.29, 0.717) is 37.4 Å². The Kier molecular flexibility index (Phi) is 8.57. The number of unbranched alkanes of at least 4 members (excludes halogenated alkanes) is 1. The lowest BCUT2D eigenvalue weighted by atomic mass is 10.1. The second-order valence-electron chi connectivity index (χ2n) is 6.64. The number of carbonyl (C=O) groups excluding carboxylic acids is 1. The third kappa shape index (κ3) is 6.25. The Morgan fingerprint density at radius 3 is 2.45 bits per heavy atom. The quantitative estimate of drug-likeness (QED) is 0.380. The number of nitrogens with two attached hydrogens (primary N) is 1. The van der Waals surface area contributed by atoms with Gasteiger partial charge in [0.2, 0.25) is 5.78 Å². The van der Waals surface area contributed by atoms with Gasteiger partial charge in [0.1, 0.15) is 0 Å². The number of amides is 1. The molecule has 1 amide bonds. The third-order valence-electron chi connectivity index (χ3n) is 4.52. The Labute approximate surface area is 179 Å². The maximum atomic E-state index is 12.5. The molecule has 0 aliphatic rings. The van der Waals surface area contributed by atoms with Crippen LogP contribution in [0, 0.1) is 0 Å². The van der Waals surface area contributed by atoms with E-state index in [9.17, 15) is 14.7 Å². The van der Waals surface area contributed by atoms with Crippen molar-refractivity contribution >= 4 is 45.8 Å². The second kappa shape index (κ2) is 10.9. The summed E-state index contributed by atoms with van der Waals surface area (Å²) in [5, 5.41) is 9.82. The number of thiazole rings is 1. The van der Waals surface area contributed by atoms with E-state index in [1.165, 1.54) is 16.2 Å². The molecule has 3 N–H and O–H groups in total. The van der Waals surface area contributed by atoms with Gasteiger partial charge in [-0.25, -0.2) is 9.78 Å². The van der Waals surface area contributed by atoms with Crippen LogP contribution in [-0.2, 0) is 6.54 Å². The number of rotatable bonds is 9. The molecule has 0 saturated carbocycles. The number of para-hydroxylation sites is 1. The van der Waals surface area contributed by atoms with Crippen LogP contribution in [0.2, 0.25) is 0 Å². The van der Waals surface area contributed by atoms with Crippen molar-refractivity contribution in [3.8, 4) is 0 Å². The van der Waals surface area contributed by atoms with Gasteiger partial charge in [0.25, 0.3) is 0 Å². The van der Waals surface area contributed by atoms with Gasteiger partial charge in [-0.2, -0.15) is 0 Å². The molecular weight excluding hydrogens is 410 g/mol. The summed E-state index contributed by atoms with van der Waals surface area (Å²) in [5.74, 6) is -0.152. The van der Waals surface area contributed by atoms with E-state index in [0.717, 1.165) is 15.8 Å². The molecule has 0 saturated heterocycles. The Hall–Kier alpha value is -2.48. The van der Waals surface area contributed by atoms with E-state index in [2.05, 4.69) is 4.98 Å². The minimum absolute atomic E-state index is 0. The molecule has 3 rings (SSSR count). The third-order valence-corrected chi connectivity index (χ3v) is 5.57. The number of carbonyl (C=O) groups is 2. The van der Waals surface area contributed by atoms with Gasteiger partial charge in [0.15, 0.2) is 5.01 Å². The first-order valence-corrected chi connectivity index (χ1v) is 10.0. The number of hydrogen-bond donors (Lipinski definition) is 2.